The van der Waals surface area contributed by atoms with E-state index in [1.807, 2.05) is 0 Å². The monoisotopic (exact) mass is 253 g/mol. The highest BCUT2D eigenvalue weighted by molar-refractivity contribution is 5.51. The van der Waals surface area contributed by atoms with Crippen molar-refractivity contribution in [2.75, 3.05) is 5.32 Å². The zero-order valence-electron chi connectivity index (χ0n) is 12.2. The van der Waals surface area contributed by atoms with Gasteiger partial charge in [0.15, 0.2) is 0 Å². The third-order valence-electron chi connectivity index (χ3n) is 3.51. The molecule has 2 aromatic rings. The molecule has 0 spiro atoms. The van der Waals surface area contributed by atoms with E-state index in [0.29, 0.717) is 0 Å². The fraction of sp³-hybridized carbons (Fsp3) is 0.333. The topological polar surface area (TPSA) is 12.0 Å². The summed E-state index contributed by atoms with van der Waals surface area (Å²) in [5, 5.41) is 3.58. The van der Waals surface area contributed by atoms with E-state index in [1.165, 1.54) is 34.4 Å². The van der Waals surface area contributed by atoms with Gasteiger partial charge in [0.25, 0.3) is 0 Å². The molecule has 0 aliphatic carbocycles. The molecule has 0 unspecified atom stereocenters. The van der Waals surface area contributed by atoms with E-state index in [0.717, 1.165) is 13.0 Å². The number of hydrogen-bond donors (Lipinski definition) is 1. The summed E-state index contributed by atoms with van der Waals surface area (Å²) >= 11 is 0. The van der Waals surface area contributed by atoms with Gasteiger partial charge in [-0.15, -0.1) is 0 Å². The molecule has 19 heavy (non-hydrogen) atoms. The van der Waals surface area contributed by atoms with Crippen LogP contribution in [0.1, 0.15) is 35.6 Å². The Hall–Kier alpha value is -1.76. The first-order valence-corrected chi connectivity index (χ1v) is 7.08. The number of anilines is 1. The summed E-state index contributed by atoms with van der Waals surface area (Å²) in [6.07, 6.45) is 2.32. The van der Waals surface area contributed by atoms with Crippen LogP contribution in [0.15, 0.2) is 42.5 Å². The van der Waals surface area contributed by atoms with Crippen LogP contribution in [0.5, 0.6) is 0 Å². The van der Waals surface area contributed by atoms with Crippen LogP contribution in [0.25, 0.3) is 0 Å². The molecule has 0 bridgehead atoms. The van der Waals surface area contributed by atoms with E-state index in [1.54, 1.807) is 0 Å². The van der Waals surface area contributed by atoms with Gasteiger partial charge in [-0.2, -0.15) is 0 Å². The molecule has 0 radical (unpaired) electrons. The highest BCUT2D eigenvalue weighted by Crippen LogP contribution is 2.19. The molecule has 0 aliphatic heterocycles. The summed E-state index contributed by atoms with van der Waals surface area (Å²) < 4.78 is 0. The van der Waals surface area contributed by atoms with Gasteiger partial charge in [-0.25, -0.2) is 0 Å². The van der Waals surface area contributed by atoms with Gasteiger partial charge in [-0.3, -0.25) is 0 Å². The first kappa shape index (κ1) is 13.7. The number of aryl methyl sites for hydroxylation is 3. The van der Waals surface area contributed by atoms with Gasteiger partial charge in [-0.05, 0) is 43.0 Å². The lowest BCUT2D eigenvalue weighted by atomic mass is 10.0. The Morgan fingerprint density at radius 2 is 1.74 bits per heavy atom. The zero-order valence-corrected chi connectivity index (χ0v) is 12.2. The third kappa shape index (κ3) is 3.60. The van der Waals surface area contributed by atoms with Crippen molar-refractivity contribution >= 4 is 5.69 Å². The average Bonchev–Trinajstić information content (AvgIpc) is 2.42. The molecule has 0 aliphatic rings. The molecule has 100 valence electrons. The summed E-state index contributed by atoms with van der Waals surface area (Å²) in [6.45, 7) is 7.44. The van der Waals surface area contributed by atoms with Crippen LogP contribution in [0.2, 0.25) is 0 Å². The molecule has 0 fully saturated rings. The van der Waals surface area contributed by atoms with Crippen LogP contribution >= 0.6 is 0 Å². The molecular formula is C18H23N. The highest BCUT2D eigenvalue weighted by Gasteiger charge is 2.02. The second-order valence-corrected chi connectivity index (χ2v) is 5.19. The summed E-state index contributed by atoms with van der Waals surface area (Å²) in [4.78, 5) is 0. The van der Waals surface area contributed by atoms with Gasteiger partial charge < -0.3 is 5.32 Å². The summed E-state index contributed by atoms with van der Waals surface area (Å²) in [5.41, 5.74) is 6.74. The van der Waals surface area contributed by atoms with Gasteiger partial charge in [0.2, 0.25) is 0 Å². The molecule has 0 atom stereocenters. The standard InChI is InChI=1S/C18H23N/c1-4-7-16-8-5-6-9-18(16)19-13-17-12-14(2)10-11-15(17)3/h5-6,8-12,19H,4,7,13H2,1-3H3. The van der Waals surface area contributed by atoms with E-state index in [-0.39, 0.29) is 0 Å². The molecule has 1 heteroatoms. The normalized spacial score (nSPS) is 10.5. The highest BCUT2D eigenvalue weighted by atomic mass is 14.9. The number of nitrogens with one attached hydrogen (secondary N) is 1. The maximum Gasteiger partial charge on any atom is 0.0403 e. The molecule has 1 N–H and O–H groups in total. The second-order valence-electron chi connectivity index (χ2n) is 5.19. The molecule has 0 saturated heterocycles. The first-order valence-electron chi connectivity index (χ1n) is 7.08. The smallest absolute Gasteiger partial charge is 0.0403 e. The van der Waals surface area contributed by atoms with Gasteiger partial charge in [0.1, 0.15) is 0 Å². The molecule has 0 aromatic heterocycles. The van der Waals surface area contributed by atoms with Crippen LogP contribution < -0.4 is 5.32 Å². The zero-order chi connectivity index (χ0) is 13.7. The minimum absolute atomic E-state index is 0.897. The number of rotatable bonds is 5. The Bertz CT molecular complexity index is 543. The fourth-order valence-corrected chi connectivity index (χ4v) is 2.36. The van der Waals surface area contributed by atoms with Crippen LogP contribution in [-0.4, -0.2) is 0 Å². The van der Waals surface area contributed by atoms with E-state index >= 15 is 0 Å². The van der Waals surface area contributed by atoms with E-state index in [9.17, 15) is 0 Å². The average molecular weight is 253 g/mol. The molecule has 0 amide bonds. The van der Waals surface area contributed by atoms with Crippen molar-refractivity contribution < 1.29 is 0 Å². The Kier molecular flexibility index (Phi) is 4.62. The molecule has 0 heterocycles. The number of hydrogen-bond acceptors (Lipinski definition) is 1. The maximum absolute atomic E-state index is 3.58. The van der Waals surface area contributed by atoms with E-state index in [4.69, 9.17) is 0 Å². The minimum atomic E-state index is 0.897. The Balaban J connectivity index is 2.12. The number of para-hydroxylation sites is 1. The third-order valence-corrected chi connectivity index (χ3v) is 3.51. The lowest BCUT2D eigenvalue weighted by Gasteiger charge is -2.13. The predicted octanol–water partition coefficient (Wildman–Crippen LogP) is 4.87. The minimum Gasteiger partial charge on any atom is -0.381 e. The summed E-state index contributed by atoms with van der Waals surface area (Å²) in [7, 11) is 0. The maximum atomic E-state index is 3.58. The van der Waals surface area contributed by atoms with Crippen molar-refractivity contribution in [3.05, 3.63) is 64.7 Å². The van der Waals surface area contributed by atoms with Crippen molar-refractivity contribution in [3.8, 4) is 0 Å². The summed E-state index contributed by atoms with van der Waals surface area (Å²) in [6, 6.07) is 15.3. The lowest BCUT2D eigenvalue weighted by Crippen LogP contribution is -2.04. The lowest BCUT2D eigenvalue weighted by molar-refractivity contribution is 0.919. The molecule has 1 nitrogen and oxygen atoms in total. The molecule has 0 saturated carbocycles. The van der Waals surface area contributed by atoms with Crippen LogP contribution in [0.4, 0.5) is 5.69 Å². The van der Waals surface area contributed by atoms with Gasteiger partial charge in [0.05, 0.1) is 0 Å². The number of benzene rings is 2. The Morgan fingerprint density at radius 3 is 2.53 bits per heavy atom. The van der Waals surface area contributed by atoms with Gasteiger partial charge >= 0.3 is 0 Å². The summed E-state index contributed by atoms with van der Waals surface area (Å²) in [5.74, 6) is 0. The molecule has 2 aromatic carbocycles. The van der Waals surface area contributed by atoms with Crippen LogP contribution in [0, 0.1) is 13.8 Å². The van der Waals surface area contributed by atoms with Crippen molar-refractivity contribution in [2.45, 2.75) is 40.2 Å². The largest absolute Gasteiger partial charge is 0.381 e. The first-order chi connectivity index (χ1) is 9.20. The SMILES string of the molecule is CCCc1ccccc1NCc1cc(C)ccc1C. The van der Waals surface area contributed by atoms with Crippen LogP contribution in [0.3, 0.4) is 0 Å². The Labute approximate surface area is 116 Å². The van der Waals surface area contributed by atoms with E-state index in [2.05, 4.69) is 68.6 Å². The van der Waals surface area contributed by atoms with Crippen molar-refractivity contribution in [3.63, 3.8) is 0 Å². The molecular weight excluding hydrogens is 230 g/mol. The van der Waals surface area contributed by atoms with Gasteiger partial charge in [-0.1, -0.05) is 55.3 Å². The van der Waals surface area contributed by atoms with Gasteiger partial charge in [0, 0.05) is 12.2 Å². The van der Waals surface area contributed by atoms with E-state index < -0.39 is 0 Å². The Morgan fingerprint density at radius 1 is 0.947 bits per heavy atom. The van der Waals surface area contributed by atoms with Crippen LogP contribution in [-0.2, 0) is 13.0 Å². The predicted molar refractivity (Wildman–Crippen MR) is 83.7 cm³/mol. The van der Waals surface area contributed by atoms with Crippen molar-refractivity contribution in [1.82, 2.24) is 0 Å². The fourth-order valence-electron chi connectivity index (χ4n) is 2.36. The quantitative estimate of drug-likeness (QED) is 0.801. The second kappa shape index (κ2) is 6.42. The van der Waals surface area contributed by atoms with Crippen molar-refractivity contribution in [1.29, 1.82) is 0 Å². The van der Waals surface area contributed by atoms with Crippen molar-refractivity contribution in [2.24, 2.45) is 0 Å². The molecule has 2 rings (SSSR count).